The van der Waals surface area contributed by atoms with Gasteiger partial charge in [0, 0.05) is 6.20 Å². The lowest BCUT2D eigenvalue weighted by Crippen LogP contribution is -2.06. The van der Waals surface area contributed by atoms with E-state index in [1.54, 1.807) is 32.2 Å². The summed E-state index contributed by atoms with van der Waals surface area (Å²) in [5.41, 5.74) is 5.56. The molecule has 0 unspecified atom stereocenters. The van der Waals surface area contributed by atoms with Gasteiger partial charge in [-0.05, 0) is 37.7 Å². The first-order chi connectivity index (χ1) is 6.59. The predicted octanol–water partition coefficient (Wildman–Crippen LogP) is 2.30. The van der Waals surface area contributed by atoms with E-state index in [2.05, 4.69) is 4.98 Å². The number of aromatic nitrogens is 1. The molecule has 0 spiro atoms. The molecule has 0 aromatic carbocycles. The van der Waals surface area contributed by atoms with Gasteiger partial charge in [-0.2, -0.15) is 0 Å². The maximum absolute atomic E-state index is 11.2. The van der Waals surface area contributed by atoms with Gasteiger partial charge in [-0.1, -0.05) is 0 Å². The number of hydrogen-bond acceptors (Lipinski definition) is 5. The number of nitrogens with zero attached hydrogens (tertiary/aromatic N) is 1. The van der Waals surface area contributed by atoms with Crippen LogP contribution in [0.3, 0.4) is 0 Å². The van der Waals surface area contributed by atoms with Gasteiger partial charge in [-0.3, -0.25) is 0 Å². The van der Waals surface area contributed by atoms with Crippen molar-refractivity contribution >= 4 is 22.9 Å². The maximum atomic E-state index is 11.2. The van der Waals surface area contributed by atoms with Crippen molar-refractivity contribution in [3.05, 3.63) is 18.3 Å². The molecule has 1 rings (SSSR count). The second kappa shape index (κ2) is 4.85. The Morgan fingerprint density at radius 3 is 2.93 bits per heavy atom. The Morgan fingerprint density at radius 1 is 1.64 bits per heavy atom. The number of hydrogen-bond donors (Lipinski definition) is 1. The molecule has 1 heterocycles. The van der Waals surface area contributed by atoms with Crippen molar-refractivity contribution in [2.75, 3.05) is 5.73 Å². The SMILES string of the molecule is CC(C)OC(=O)Sc1cccnc1N. The third-order valence-corrected chi connectivity index (χ3v) is 2.15. The van der Waals surface area contributed by atoms with Crippen LogP contribution in [0.5, 0.6) is 0 Å². The van der Waals surface area contributed by atoms with Gasteiger partial charge in [-0.15, -0.1) is 0 Å². The predicted molar refractivity (Wildman–Crippen MR) is 56.1 cm³/mol. The van der Waals surface area contributed by atoms with Crippen molar-refractivity contribution in [3.8, 4) is 0 Å². The van der Waals surface area contributed by atoms with Crippen LogP contribution < -0.4 is 5.73 Å². The third kappa shape index (κ3) is 3.26. The molecule has 76 valence electrons. The van der Waals surface area contributed by atoms with Gasteiger partial charge >= 0.3 is 5.30 Å². The van der Waals surface area contributed by atoms with Crippen molar-refractivity contribution in [3.63, 3.8) is 0 Å². The maximum Gasteiger partial charge on any atom is 0.372 e. The summed E-state index contributed by atoms with van der Waals surface area (Å²) in [6.07, 6.45) is 1.46. The molecule has 14 heavy (non-hydrogen) atoms. The molecule has 0 radical (unpaired) electrons. The van der Waals surface area contributed by atoms with Crippen molar-refractivity contribution < 1.29 is 9.53 Å². The van der Waals surface area contributed by atoms with E-state index in [0.29, 0.717) is 10.7 Å². The van der Waals surface area contributed by atoms with Crippen LogP contribution in [0.15, 0.2) is 23.2 Å². The molecule has 0 bridgehead atoms. The van der Waals surface area contributed by atoms with Gasteiger partial charge in [-0.25, -0.2) is 9.78 Å². The molecule has 2 N–H and O–H groups in total. The summed E-state index contributed by atoms with van der Waals surface area (Å²) in [6.45, 7) is 3.59. The molecule has 0 saturated heterocycles. The van der Waals surface area contributed by atoms with Crippen LogP contribution >= 0.6 is 11.8 Å². The highest BCUT2D eigenvalue weighted by Gasteiger charge is 2.10. The van der Waals surface area contributed by atoms with Crippen LogP contribution in [0.25, 0.3) is 0 Å². The highest BCUT2D eigenvalue weighted by Crippen LogP contribution is 2.24. The second-order valence-corrected chi connectivity index (χ2v) is 3.88. The lowest BCUT2D eigenvalue weighted by molar-refractivity contribution is 0.143. The van der Waals surface area contributed by atoms with E-state index in [9.17, 15) is 4.79 Å². The minimum Gasteiger partial charge on any atom is -0.455 e. The fourth-order valence-electron chi connectivity index (χ4n) is 0.795. The molecule has 0 fully saturated rings. The first-order valence-corrected chi connectivity index (χ1v) is 5.00. The van der Waals surface area contributed by atoms with Gasteiger partial charge in [0.15, 0.2) is 0 Å². The van der Waals surface area contributed by atoms with E-state index >= 15 is 0 Å². The molecule has 1 aromatic heterocycles. The highest BCUT2D eigenvalue weighted by atomic mass is 32.2. The van der Waals surface area contributed by atoms with E-state index in [-0.39, 0.29) is 11.4 Å². The Morgan fingerprint density at radius 2 is 2.36 bits per heavy atom. The molecule has 0 atom stereocenters. The first-order valence-electron chi connectivity index (χ1n) is 4.18. The quantitative estimate of drug-likeness (QED) is 0.602. The summed E-state index contributed by atoms with van der Waals surface area (Å²) in [5.74, 6) is 0.346. The zero-order valence-electron chi connectivity index (χ0n) is 8.06. The van der Waals surface area contributed by atoms with Gasteiger partial charge in [0.2, 0.25) is 0 Å². The van der Waals surface area contributed by atoms with Crippen LogP contribution in [0.2, 0.25) is 0 Å². The van der Waals surface area contributed by atoms with Crippen LogP contribution in [-0.2, 0) is 4.74 Å². The van der Waals surface area contributed by atoms with Crippen molar-refractivity contribution in [1.82, 2.24) is 4.98 Å². The van der Waals surface area contributed by atoms with Crippen LogP contribution in [0, 0.1) is 0 Å². The van der Waals surface area contributed by atoms with E-state index in [1.165, 1.54) is 0 Å². The van der Waals surface area contributed by atoms with Crippen molar-refractivity contribution in [2.24, 2.45) is 0 Å². The van der Waals surface area contributed by atoms with Gasteiger partial charge in [0.05, 0.1) is 11.0 Å². The largest absolute Gasteiger partial charge is 0.455 e. The topological polar surface area (TPSA) is 65.2 Å². The lowest BCUT2D eigenvalue weighted by atomic mass is 10.5. The number of nitrogen functional groups attached to an aromatic ring is 1. The molecule has 5 heteroatoms. The molecule has 1 aromatic rings. The van der Waals surface area contributed by atoms with Crippen LogP contribution in [-0.4, -0.2) is 16.4 Å². The zero-order chi connectivity index (χ0) is 10.6. The number of nitrogens with two attached hydrogens (primary N) is 1. The number of rotatable bonds is 2. The van der Waals surface area contributed by atoms with Crippen LogP contribution in [0.1, 0.15) is 13.8 Å². The molecular formula is C9H12N2O2S. The van der Waals surface area contributed by atoms with Crippen molar-refractivity contribution in [1.29, 1.82) is 0 Å². The Kier molecular flexibility index (Phi) is 3.76. The Balaban J connectivity index is 2.61. The van der Waals surface area contributed by atoms with Crippen LogP contribution in [0.4, 0.5) is 10.6 Å². The summed E-state index contributed by atoms with van der Waals surface area (Å²) in [4.78, 5) is 15.7. The summed E-state index contributed by atoms with van der Waals surface area (Å²) >= 11 is 0.950. The summed E-state index contributed by atoms with van der Waals surface area (Å²) < 4.78 is 4.95. The average Bonchev–Trinajstić information content (AvgIpc) is 2.07. The van der Waals surface area contributed by atoms with Gasteiger partial charge in [0.1, 0.15) is 5.82 Å². The minimum absolute atomic E-state index is 0.118. The Labute approximate surface area is 86.8 Å². The number of pyridine rings is 1. The monoisotopic (exact) mass is 212 g/mol. The fourth-order valence-corrected chi connectivity index (χ4v) is 1.52. The molecular weight excluding hydrogens is 200 g/mol. The van der Waals surface area contributed by atoms with E-state index in [4.69, 9.17) is 10.5 Å². The molecule has 0 amide bonds. The smallest absolute Gasteiger partial charge is 0.372 e. The number of ether oxygens (including phenoxy) is 1. The lowest BCUT2D eigenvalue weighted by Gasteiger charge is -2.07. The normalized spacial score (nSPS) is 10.2. The molecule has 0 aliphatic carbocycles. The number of anilines is 1. The fraction of sp³-hybridized carbons (Fsp3) is 0.333. The first kappa shape index (κ1) is 10.8. The third-order valence-electron chi connectivity index (χ3n) is 1.32. The minimum atomic E-state index is -0.361. The molecule has 0 aliphatic rings. The van der Waals surface area contributed by atoms with E-state index in [1.807, 2.05) is 0 Å². The Hall–Kier alpha value is -1.23. The van der Waals surface area contributed by atoms with Gasteiger partial charge in [0.25, 0.3) is 0 Å². The van der Waals surface area contributed by atoms with Crippen molar-refractivity contribution in [2.45, 2.75) is 24.8 Å². The number of carbonyl (C=O) groups is 1. The van der Waals surface area contributed by atoms with Gasteiger partial charge < -0.3 is 10.5 Å². The molecule has 0 saturated carbocycles. The second-order valence-electron chi connectivity index (χ2n) is 2.91. The summed E-state index contributed by atoms with van der Waals surface area (Å²) in [6, 6.07) is 3.45. The molecule has 0 aliphatic heterocycles. The standard InChI is InChI=1S/C9H12N2O2S/c1-6(2)13-9(12)14-7-4-3-5-11-8(7)10/h3-6H,1-2H3,(H2,10,11). The highest BCUT2D eigenvalue weighted by molar-refractivity contribution is 8.13. The zero-order valence-corrected chi connectivity index (χ0v) is 8.88. The van der Waals surface area contributed by atoms with E-state index in [0.717, 1.165) is 11.8 Å². The average molecular weight is 212 g/mol. The number of thioether (sulfide) groups is 1. The Bertz CT molecular complexity index is 328. The summed E-state index contributed by atoms with van der Waals surface area (Å²) in [5, 5.41) is -0.361. The van der Waals surface area contributed by atoms with E-state index < -0.39 is 0 Å². The summed E-state index contributed by atoms with van der Waals surface area (Å²) in [7, 11) is 0. The molecule has 4 nitrogen and oxygen atoms in total. The number of carbonyl (C=O) groups excluding carboxylic acids is 1.